The van der Waals surface area contributed by atoms with Gasteiger partial charge in [0.25, 0.3) is 0 Å². The van der Waals surface area contributed by atoms with Gasteiger partial charge in [0.2, 0.25) is 0 Å². The first-order chi connectivity index (χ1) is 7.75. The van der Waals surface area contributed by atoms with Gasteiger partial charge in [-0.2, -0.15) is 5.10 Å². The topological polar surface area (TPSA) is 39.9 Å². The second-order valence-electron chi connectivity index (χ2n) is 3.47. The van der Waals surface area contributed by atoms with Gasteiger partial charge in [0.1, 0.15) is 6.61 Å². The van der Waals surface area contributed by atoms with Gasteiger partial charge in [0.05, 0.1) is 5.76 Å². The molecule has 4 heteroatoms. The molecule has 4 nitrogen and oxygen atoms in total. The predicted molar refractivity (Wildman–Crippen MR) is 61.0 cm³/mol. The minimum atomic E-state index is 0.502. The van der Waals surface area contributed by atoms with Crippen molar-refractivity contribution in [1.29, 1.82) is 0 Å². The van der Waals surface area contributed by atoms with Gasteiger partial charge in [-0.1, -0.05) is 12.6 Å². The van der Waals surface area contributed by atoms with E-state index in [2.05, 4.69) is 16.7 Å². The van der Waals surface area contributed by atoms with Crippen molar-refractivity contribution in [2.75, 3.05) is 0 Å². The molecule has 0 aliphatic carbocycles. The van der Waals surface area contributed by atoms with Crippen molar-refractivity contribution in [3.8, 4) is 5.82 Å². The molecule has 0 unspecified atom stereocenters. The lowest BCUT2D eigenvalue weighted by atomic mass is 10.3. The monoisotopic (exact) mass is 215 g/mol. The van der Waals surface area contributed by atoms with E-state index in [0.717, 1.165) is 11.4 Å². The van der Waals surface area contributed by atoms with Crippen molar-refractivity contribution in [3.05, 3.63) is 54.7 Å². The number of aromatic nitrogens is 3. The molecule has 2 aromatic rings. The minimum Gasteiger partial charge on any atom is -0.494 e. The summed E-state index contributed by atoms with van der Waals surface area (Å²) in [6.45, 7) is 6.00. The Balaban J connectivity index is 2.08. The zero-order valence-corrected chi connectivity index (χ0v) is 9.13. The van der Waals surface area contributed by atoms with Gasteiger partial charge in [0, 0.05) is 24.2 Å². The Hall–Kier alpha value is -2.10. The fourth-order valence-electron chi connectivity index (χ4n) is 1.25. The molecule has 0 atom stereocenters. The predicted octanol–water partition coefficient (Wildman–Crippen LogP) is 2.32. The molecule has 0 N–H and O–H groups in total. The highest BCUT2D eigenvalue weighted by atomic mass is 16.5. The highest BCUT2D eigenvalue weighted by molar-refractivity contribution is 5.24. The Morgan fingerprint density at radius 1 is 1.50 bits per heavy atom. The van der Waals surface area contributed by atoms with Crippen LogP contribution in [-0.4, -0.2) is 14.8 Å². The molecule has 0 amide bonds. The molecule has 16 heavy (non-hydrogen) atoms. The molecule has 0 radical (unpaired) electrons. The number of hydrogen-bond donors (Lipinski definition) is 0. The summed E-state index contributed by atoms with van der Waals surface area (Å²) in [6.07, 6.45) is 5.35. The van der Waals surface area contributed by atoms with Crippen LogP contribution >= 0.6 is 0 Å². The van der Waals surface area contributed by atoms with Gasteiger partial charge in [-0.05, 0) is 19.1 Å². The Morgan fingerprint density at radius 3 is 2.94 bits per heavy atom. The third-order valence-electron chi connectivity index (χ3n) is 2.03. The lowest BCUT2D eigenvalue weighted by Crippen LogP contribution is -1.99. The molecule has 82 valence electrons. The van der Waals surface area contributed by atoms with Gasteiger partial charge >= 0.3 is 0 Å². The van der Waals surface area contributed by atoms with E-state index in [1.807, 2.05) is 31.3 Å². The number of rotatable bonds is 4. The summed E-state index contributed by atoms with van der Waals surface area (Å²) in [5.74, 6) is 1.50. The summed E-state index contributed by atoms with van der Waals surface area (Å²) in [7, 11) is 0. The fourth-order valence-corrected chi connectivity index (χ4v) is 1.25. The Labute approximate surface area is 94.2 Å². The minimum absolute atomic E-state index is 0.502. The van der Waals surface area contributed by atoms with Crippen molar-refractivity contribution in [1.82, 2.24) is 14.8 Å². The van der Waals surface area contributed by atoms with Crippen LogP contribution in [-0.2, 0) is 11.3 Å². The fraction of sp³-hybridized carbons (Fsp3) is 0.167. The largest absolute Gasteiger partial charge is 0.494 e. The molecular weight excluding hydrogens is 202 g/mol. The summed E-state index contributed by atoms with van der Waals surface area (Å²) in [5.41, 5.74) is 1.01. The van der Waals surface area contributed by atoms with Gasteiger partial charge < -0.3 is 4.74 Å². The third kappa shape index (κ3) is 2.48. The molecule has 0 fully saturated rings. The van der Waals surface area contributed by atoms with Crippen molar-refractivity contribution in [2.45, 2.75) is 13.5 Å². The van der Waals surface area contributed by atoms with Crippen LogP contribution in [0.4, 0.5) is 0 Å². The summed E-state index contributed by atoms with van der Waals surface area (Å²) >= 11 is 0. The smallest absolute Gasteiger partial charge is 0.153 e. The van der Waals surface area contributed by atoms with E-state index in [0.29, 0.717) is 12.4 Å². The first-order valence-electron chi connectivity index (χ1n) is 4.99. The molecule has 2 rings (SSSR count). The van der Waals surface area contributed by atoms with E-state index in [1.54, 1.807) is 17.1 Å². The first kappa shape index (κ1) is 10.4. The van der Waals surface area contributed by atoms with E-state index in [1.165, 1.54) is 0 Å². The van der Waals surface area contributed by atoms with Crippen molar-refractivity contribution < 1.29 is 4.74 Å². The van der Waals surface area contributed by atoms with Gasteiger partial charge in [-0.3, -0.25) is 0 Å². The van der Waals surface area contributed by atoms with Crippen molar-refractivity contribution >= 4 is 0 Å². The van der Waals surface area contributed by atoms with E-state index in [4.69, 9.17) is 4.74 Å². The maximum atomic E-state index is 5.30. The van der Waals surface area contributed by atoms with Crippen LogP contribution < -0.4 is 0 Å². The van der Waals surface area contributed by atoms with Crippen molar-refractivity contribution in [3.63, 3.8) is 0 Å². The zero-order valence-electron chi connectivity index (χ0n) is 9.13. The second kappa shape index (κ2) is 4.61. The van der Waals surface area contributed by atoms with Gasteiger partial charge in [0.15, 0.2) is 5.82 Å². The number of ether oxygens (including phenoxy) is 1. The Morgan fingerprint density at radius 2 is 2.38 bits per heavy atom. The molecule has 0 aromatic carbocycles. The van der Waals surface area contributed by atoms with Gasteiger partial charge in [-0.15, -0.1) is 0 Å². The lowest BCUT2D eigenvalue weighted by molar-refractivity contribution is 0.202. The zero-order chi connectivity index (χ0) is 11.4. The van der Waals surface area contributed by atoms with E-state index >= 15 is 0 Å². The highest BCUT2D eigenvalue weighted by Crippen LogP contribution is 2.07. The van der Waals surface area contributed by atoms with Gasteiger partial charge in [-0.25, -0.2) is 9.67 Å². The summed E-state index contributed by atoms with van der Waals surface area (Å²) in [5, 5.41) is 4.10. The maximum absolute atomic E-state index is 5.30. The summed E-state index contributed by atoms with van der Waals surface area (Å²) in [4.78, 5) is 4.29. The molecule has 2 aromatic heterocycles. The quantitative estimate of drug-likeness (QED) is 0.735. The molecule has 0 spiro atoms. The van der Waals surface area contributed by atoms with Crippen molar-refractivity contribution in [2.24, 2.45) is 0 Å². The number of allylic oxidation sites excluding steroid dienone is 1. The molecule has 0 bridgehead atoms. The number of pyridine rings is 1. The average Bonchev–Trinajstić information content (AvgIpc) is 2.80. The van der Waals surface area contributed by atoms with Crippen LogP contribution in [0.1, 0.15) is 12.5 Å². The van der Waals surface area contributed by atoms with E-state index < -0.39 is 0 Å². The SMILES string of the molecule is C=C(C)OCc1ccc(-n2cccn2)nc1. The van der Waals surface area contributed by atoms with Crippen LogP contribution in [0.3, 0.4) is 0 Å². The number of hydrogen-bond acceptors (Lipinski definition) is 3. The van der Waals surface area contributed by atoms with Crippen LogP contribution in [0.5, 0.6) is 0 Å². The molecule has 0 aliphatic heterocycles. The highest BCUT2D eigenvalue weighted by Gasteiger charge is 1.98. The average molecular weight is 215 g/mol. The maximum Gasteiger partial charge on any atom is 0.153 e. The molecule has 0 aliphatic rings. The molecule has 0 saturated heterocycles. The Kier molecular flexibility index (Phi) is 3.00. The first-order valence-corrected chi connectivity index (χ1v) is 4.99. The number of nitrogens with zero attached hydrogens (tertiary/aromatic N) is 3. The van der Waals surface area contributed by atoms with Crippen LogP contribution in [0.15, 0.2) is 49.1 Å². The normalized spacial score (nSPS) is 10.1. The lowest BCUT2D eigenvalue weighted by Gasteiger charge is -2.05. The molecule has 0 saturated carbocycles. The standard InChI is InChI=1S/C12H13N3O/c1-10(2)16-9-11-4-5-12(13-8-11)15-7-3-6-14-15/h3-8H,1,9H2,2H3. The third-order valence-corrected chi connectivity index (χ3v) is 2.03. The molecule has 2 heterocycles. The second-order valence-corrected chi connectivity index (χ2v) is 3.47. The Bertz CT molecular complexity index is 460. The van der Waals surface area contributed by atoms with E-state index in [-0.39, 0.29) is 0 Å². The summed E-state index contributed by atoms with van der Waals surface area (Å²) in [6, 6.07) is 5.73. The van der Waals surface area contributed by atoms with Crippen LogP contribution in [0.25, 0.3) is 5.82 Å². The van der Waals surface area contributed by atoms with Crippen LogP contribution in [0.2, 0.25) is 0 Å². The van der Waals surface area contributed by atoms with E-state index in [9.17, 15) is 0 Å². The summed E-state index contributed by atoms with van der Waals surface area (Å²) < 4.78 is 7.01. The van der Waals surface area contributed by atoms with Crippen LogP contribution in [0, 0.1) is 0 Å². The molecular formula is C12H13N3O.